The van der Waals surface area contributed by atoms with E-state index in [4.69, 9.17) is 9.90 Å². The van der Waals surface area contributed by atoms with Crippen LogP contribution in [0.1, 0.15) is 24.2 Å². The summed E-state index contributed by atoms with van der Waals surface area (Å²) in [5, 5.41) is 17.0. The fourth-order valence-electron chi connectivity index (χ4n) is 2.33. The van der Waals surface area contributed by atoms with Gasteiger partial charge in [0.1, 0.15) is 0 Å². The number of hydrogen-bond acceptors (Lipinski definition) is 3. The van der Waals surface area contributed by atoms with Crippen molar-refractivity contribution in [3.63, 3.8) is 0 Å². The first kappa shape index (κ1) is 21.0. The molecule has 3 N–H and O–H groups in total. The van der Waals surface area contributed by atoms with Crippen molar-refractivity contribution in [1.82, 2.24) is 19.9 Å². The molecule has 28 heavy (non-hydrogen) atoms. The van der Waals surface area contributed by atoms with Crippen LogP contribution < -0.4 is 5.32 Å². The molecule has 0 aliphatic heterocycles. The van der Waals surface area contributed by atoms with Crippen molar-refractivity contribution >= 4 is 17.4 Å². The maximum absolute atomic E-state index is 12.4. The number of H-pyrrole nitrogens is 1. The van der Waals surface area contributed by atoms with Gasteiger partial charge in [0, 0.05) is 18.9 Å². The minimum atomic E-state index is -5.08. The summed E-state index contributed by atoms with van der Waals surface area (Å²) in [6, 6.07) is 9.63. The number of aromatic nitrogens is 3. The molecule has 1 amide bonds. The van der Waals surface area contributed by atoms with Crippen LogP contribution >= 0.6 is 0 Å². The number of fused-ring (bicyclic) bond motifs is 1. The average molecular weight is 396 g/mol. The molecule has 3 heterocycles. The standard InChI is InChI=1S/C16H18N4O.C2HF3O2/c1-11(2)10-17-16(21)12-9-15(13-6-7-18-19-13)20-8-4-3-5-14(12)20;3-2(4,5)1(6)7/h3-9,11H,10H2,1-2H3,(H,17,21)(H,18,19);(H,6,7). The number of alkyl halides is 3. The monoisotopic (exact) mass is 396 g/mol. The summed E-state index contributed by atoms with van der Waals surface area (Å²) in [6.07, 6.45) is -1.43. The predicted molar refractivity (Wildman–Crippen MR) is 95.8 cm³/mol. The lowest BCUT2D eigenvalue weighted by Crippen LogP contribution is -2.27. The summed E-state index contributed by atoms with van der Waals surface area (Å²) in [5.41, 5.74) is 3.39. The van der Waals surface area contributed by atoms with E-state index in [0.717, 1.165) is 16.9 Å². The Labute approximate surface area is 158 Å². The van der Waals surface area contributed by atoms with Gasteiger partial charge in [-0.05, 0) is 30.2 Å². The van der Waals surface area contributed by atoms with E-state index in [2.05, 4.69) is 29.4 Å². The van der Waals surface area contributed by atoms with E-state index in [1.165, 1.54) is 0 Å². The van der Waals surface area contributed by atoms with Crippen LogP contribution in [0.2, 0.25) is 0 Å². The number of hydrogen-bond donors (Lipinski definition) is 3. The smallest absolute Gasteiger partial charge is 0.475 e. The number of rotatable bonds is 4. The average Bonchev–Trinajstić information content (AvgIpc) is 3.26. The van der Waals surface area contributed by atoms with Crippen molar-refractivity contribution in [2.45, 2.75) is 20.0 Å². The van der Waals surface area contributed by atoms with Crippen LogP contribution in [-0.2, 0) is 4.79 Å². The van der Waals surface area contributed by atoms with E-state index in [0.29, 0.717) is 18.0 Å². The summed E-state index contributed by atoms with van der Waals surface area (Å²) in [4.78, 5) is 21.3. The third kappa shape index (κ3) is 5.12. The normalized spacial score (nSPS) is 11.2. The SMILES string of the molecule is CC(C)CNC(=O)c1cc(-c2ccn[nH]2)n2ccccc12.O=C(O)C(F)(F)F. The fraction of sp³-hybridized carbons (Fsp3) is 0.278. The second-order valence-corrected chi connectivity index (χ2v) is 6.28. The largest absolute Gasteiger partial charge is 0.490 e. The minimum Gasteiger partial charge on any atom is -0.475 e. The zero-order chi connectivity index (χ0) is 20.9. The highest BCUT2D eigenvalue weighted by molar-refractivity contribution is 6.02. The molecule has 0 saturated carbocycles. The van der Waals surface area contributed by atoms with Crippen molar-refractivity contribution in [1.29, 1.82) is 0 Å². The highest BCUT2D eigenvalue weighted by atomic mass is 19.4. The van der Waals surface area contributed by atoms with Crippen molar-refractivity contribution in [2.24, 2.45) is 5.92 Å². The number of pyridine rings is 1. The van der Waals surface area contributed by atoms with Gasteiger partial charge < -0.3 is 14.8 Å². The van der Waals surface area contributed by atoms with E-state index in [1.807, 2.05) is 40.9 Å². The zero-order valence-corrected chi connectivity index (χ0v) is 15.1. The second kappa shape index (κ2) is 8.59. The summed E-state index contributed by atoms with van der Waals surface area (Å²) >= 11 is 0. The van der Waals surface area contributed by atoms with E-state index < -0.39 is 12.1 Å². The molecule has 0 spiro atoms. The minimum absolute atomic E-state index is 0.0434. The van der Waals surface area contributed by atoms with Crippen LogP contribution in [0, 0.1) is 5.92 Å². The van der Waals surface area contributed by atoms with Crippen molar-refractivity contribution in [3.05, 3.63) is 48.3 Å². The zero-order valence-electron chi connectivity index (χ0n) is 15.1. The number of halogens is 3. The van der Waals surface area contributed by atoms with Gasteiger partial charge in [-0.15, -0.1) is 0 Å². The molecule has 150 valence electrons. The van der Waals surface area contributed by atoms with Crippen molar-refractivity contribution < 1.29 is 27.9 Å². The number of carbonyl (C=O) groups excluding carboxylic acids is 1. The Hall–Kier alpha value is -3.30. The van der Waals surface area contributed by atoms with Gasteiger partial charge >= 0.3 is 12.1 Å². The molecule has 0 unspecified atom stereocenters. The fourth-order valence-corrected chi connectivity index (χ4v) is 2.33. The molecule has 0 atom stereocenters. The number of nitrogens with one attached hydrogen (secondary N) is 2. The first-order valence-corrected chi connectivity index (χ1v) is 8.29. The summed E-state index contributed by atoms with van der Waals surface area (Å²) < 4.78 is 33.7. The van der Waals surface area contributed by atoms with E-state index >= 15 is 0 Å². The second-order valence-electron chi connectivity index (χ2n) is 6.28. The van der Waals surface area contributed by atoms with Crippen molar-refractivity contribution in [2.75, 3.05) is 6.54 Å². The maximum Gasteiger partial charge on any atom is 0.490 e. The first-order valence-electron chi connectivity index (χ1n) is 8.29. The molecule has 0 bridgehead atoms. The summed E-state index contributed by atoms with van der Waals surface area (Å²) in [5.74, 6) is -2.37. The molecule has 3 rings (SSSR count). The predicted octanol–water partition coefficient (Wildman–Crippen LogP) is 3.35. The Morgan fingerprint density at radius 1 is 1.29 bits per heavy atom. The molecule has 0 aliphatic rings. The van der Waals surface area contributed by atoms with E-state index in [9.17, 15) is 18.0 Å². The lowest BCUT2D eigenvalue weighted by molar-refractivity contribution is -0.192. The molecule has 0 saturated heterocycles. The Morgan fingerprint density at radius 3 is 2.50 bits per heavy atom. The molecule has 0 fully saturated rings. The lowest BCUT2D eigenvalue weighted by atomic mass is 10.2. The number of carbonyl (C=O) groups is 2. The van der Waals surface area contributed by atoms with Crippen LogP contribution in [0.4, 0.5) is 13.2 Å². The quantitative estimate of drug-likeness (QED) is 0.630. The van der Waals surface area contributed by atoms with E-state index in [1.54, 1.807) is 6.20 Å². The number of amides is 1. The molecule has 10 heteroatoms. The number of carboxylic acid groups (broad SMARTS) is 1. The number of aliphatic carboxylic acids is 1. The van der Waals surface area contributed by atoms with E-state index in [-0.39, 0.29) is 5.91 Å². The van der Waals surface area contributed by atoms with Crippen LogP contribution in [0.5, 0.6) is 0 Å². The summed E-state index contributed by atoms with van der Waals surface area (Å²) in [6.45, 7) is 4.82. The molecule has 0 radical (unpaired) electrons. The van der Waals surface area contributed by atoms with Gasteiger partial charge in [0.15, 0.2) is 0 Å². The molecular weight excluding hydrogens is 377 g/mol. The Balaban J connectivity index is 0.000000345. The molecular formula is C18H19F3N4O3. The van der Waals surface area contributed by atoms with Gasteiger partial charge in [-0.1, -0.05) is 19.9 Å². The number of carboxylic acids is 1. The topological polar surface area (TPSA) is 99.5 Å². The van der Waals surface area contributed by atoms with Crippen LogP contribution in [0.25, 0.3) is 16.9 Å². The molecule has 7 nitrogen and oxygen atoms in total. The van der Waals surface area contributed by atoms with Gasteiger partial charge in [0.2, 0.25) is 0 Å². The van der Waals surface area contributed by atoms with Gasteiger partial charge in [0.25, 0.3) is 5.91 Å². The van der Waals surface area contributed by atoms with Crippen molar-refractivity contribution in [3.8, 4) is 11.4 Å². The Bertz CT molecular complexity index is 947. The Kier molecular flexibility index (Phi) is 6.45. The van der Waals surface area contributed by atoms with Gasteiger partial charge in [-0.3, -0.25) is 9.89 Å². The maximum atomic E-state index is 12.4. The molecule has 3 aromatic rings. The molecule has 0 aromatic carbocycles. The number of aromatic amines is 1. The third-order valence-electron chi connectivity index (χ3n) is 3.61. The first-order chi connectivity index (χ1) is 13.1. The summed E-state index contributed by atoms with van der Waals surface area (Å²) in [7, 11) is 0. The highest BCUT2D eigenvalue weighted by Crippen LogP contribution is 2.24. The highest BCUT2D eigenvalue weighted by Gasteiger charge is 2.38. The van der Waals surface area contributed by atoms with Crippen LogP contribution in [-0.4, -0.2) is 44.3 Å². The lowest BCUT2D eigenvalue weighted by Gasteiger charge is -2.06. The van der Waals surface area contributed by atoms with Gasteiger partial charge in [-0.2, -0.15) is 18.3 Å². The van der Waals surface area contributed by atoms with Gasteiger partial charge in [0.05, 0.1) is 22.5 Å². The Morgan fingerprint density at radius 2 is 1.96 bits per heavy atom. The van der Waals surface area contributed by atoms with Crippen LogP contribution in [0.15, 0.2) is 42.7 Å². The third-order valence-corrected chi connectivity index (χ3v) is 3.61. The molecule has 0 aliphatic carbocycles. The van der Waals surface area contributed by atoms with Crippen LogP contribution in [0.3, 0.4) is 0 Å². The molecule has 3 aromatic heterocycles. The van der Waals surface area contributed by atoms with Gasteiger partial charge in [-0.25, -0.2) is 4.79 Å². The number of nitrogens with zero attached hydrogens (tertiary/aromatic N) is 2.